The molecule has 0 fully saturated rings. The van der Waals surface area contributed by atoms with Gasteiger partial charge in [-0.05, 0) is 43.0 Å². The van der Waals surface area contributed by atoms with Crippen LogP contribution in [0.3, 0.4) is 0 Å². The van der Waals surface area contributed by atoms with E-state index in [1.54, 1.807) is 0 Å². The smallest absolute Gasteiger partial charge is 0.0320 e. The number of halogens is 1. The fraction of sp³-hybridized carbons (Fsp3) is 0.333. The van der Waals surface area contributed by atoms with Crippen molar-refractivity contribution in [3.05, 3.63) is 70.2 Å². The average molecular weight is 332 g/mol. The van der Waals surface area contributed by atoms with Gasteiger partial charge in [0.15, 0.2) is 0 Å². The minimum Gasteiger partial charge on any atom is -0.307 e. The number of nitrogens with one attached hydrogen (secondary N) is 1. The number of hydrogen-bond donors (Lipinski definition) is 1. The molecule has 0 aliphatic carbocycles. The maximum Gasteiger partial charge on any atom is 0.0320 e. The van der Waals surface area contributed by atoms with Crippen molar-refractivity contribution in [1.82, 2.24) is 5.32 Å². The normalized spacial score (nSPS) is 13.9. The van der Waals surface area contributed by atoms with Crippen molar-refractivity contribution in [3.8, 4) is 0 Å². The first-order valence-electron chi connectivity index (χ1n) is 7.24. The predicted octanol–water partition coefficient (Wildman–Crippen LogP) is 5.12. The molecule has 2 heteroatoms. The molecule has 0 aliphatic heterocycles. The summed E-state index contributed by atoms with van der Waals surface area (Å²) in [6.07, 6.45) is 2.16. The summed E-state index contributed by atoms with van der Waals surface area (Å²) in [5.74, 6) is 0. The van der Waals surface area contributed by atoms with Gasteiger partial charge in [-0.3, -0.25) is 0 Å². The Kier molecular flexibility index (Phi) is 5.81. The van der Waals surface area contributed by atoms with E-state index < -0.39 is 0 Å². The van der Waals surface area contributed by atoms with E-state index in [-0.39, 0.29) is 0 Å². The van der Waals surface area contributed by atoms with Gasteiger partial charge in [0.1, 0.15) is 0 Å². The number of benzene rings is 2. The monoisotopic (exact) mass is 331 g/mol. The summed E-state index contributed by atoms with van der Waals surface area (Å²) in [6.45, 7) is 4.49. The standard InChI is InChI=1S/C18H22BrN/c1-3-18(16-7-5-4-6-8-16)20-14(2)13-15-9-11-17(19)12-10-15/h4-12,14,18,20H,3,13H2,1-2H3. The summed E-state index contributed by atoms with van der Waals surface area (Å²) in [7, 11) is 0. The Bertz CT molecular complexity index is 507. The molecule has 20 heavy (non-hydrogen) atoms. The van der Waals surface area contributed by atoms with Crippen molar-refractivity contribution in [2.45, 2.75) is 38.8 Å². The molecule has 0 saturated carbocycles. The Morgan fingerprint density at radius 1 is 1.00 bits per heavy atom. The molecule has 0 heterocycles. The molecule has 0 bridgehead atoms. The molecule has 106 valence electrons. The third-order valence-electron chi connectivity index (χ3n) is 3.55. The minimum absolute atomic E-state index is 0.432. The van der Waals surface area contributed by atoms with Gasteiger partial charge in [0.05, 0.1) is 0 Å². The summed E-state index contributed by atoms with van der Waals surface area (Å²) in [6, 6.07) is 20.2. The second kappa shape index (κ2) is 7.61. The molecule has 0 radical (unpaired) electrons. The molecule has 1 nitrogen and oxygen atoms in total. The first-order chi connectivity index (χ1) is 9.69. The molecular formula is C18H22BrN. The second-order valence-electron chi connectivity index (χ2n) is 5.27. The molecule has 0 spiro atoms. The number of rotatable bonds is 6. The summed E-state index contributed by atoms with van der Waals surface area (Å²) < 4.78 is 1.14. The average Bonchev–Trinajstić information content (AvgIpc) is 2.48. The molecule has 0 saturated heterocycles. The number of hydrogen-bond acceptors (Lipinski definition) is 1. The molecular weight excluding hydrogens is 310 g/mol. The van der Waals surface area contributed by atoms with Crippen molar-refractivity contribution in [2.75, 3.05) is 0 Å². The third kappa shape index (κ3) is 4.46. The highest BCUT2D eigenvalue weighted by molar-refractivity contribution is 9.10. The van der Waals surface area contributed by atoms with Gasteiger partial charge in [0.25, 0.3) is 0 Å². The molecule has 2 unspecified atom stereocenters. The van der Waals surface area contributed by atoms with E-state index in [0.29, 0.717) is 12.1 Å². The van der Waals surface area contributed by atoms with Gasteiger partial charge in [-0.25, -0.2) is 0 Å². The highest BCUT2D eigenvalue weighted by Crippen LogP contribution is 2.18. The fourth-order valence-corrected chi connectivity index (χ4v) is 2.78. The van der Waals surface area contributed by atoms with Crippen LogP contribution in [0.15, 0.2) is 59.1 Å². The topological polar surface area (TPSA) is 12.0 Å². The minimum atomic E-state index is 0.432. The van der Waals surface area contributed by atoms with Crippen molar-refractivity contribution in [2.24, 2.45) is 0 Å². The summed E-state index contributed by atoms with van der Waals surface area (Å²) >= 11 is 3.48. The lowest BCUT2D eigenvalue weighted by atomic mass is 10.0. The van der Waals surface area contributed by atoms with Crippen LogP contribution in [0.4, 0.5) is 0 Å². The van der Waals surface area contributed by atoms with Crippen molar-refractivity contribution in [1.29, 1.82) is 0 Å². The highest BCUT2D eigenvalue weighted by Gasteiger charge is 2.12. The summed E-state index contributed by atoms with van der Waals surface area (Å²) in [5.41, 5.74) is 2.74. The van der Waals surface area contributed by atoms with E-state index in [0.717, 1.165) is 17.3 Å². The molecule has 0 amide bonds. The lowest BCUT2D eigenvalue weighted by Gasteiger charge is -2.23. The first-order valence-corrected chi connectivity index (χ1v) is 8.03. The largest absolute Gasteiger partial charge is 0.307 e. The Morgan fingerprint density at radius 2 is 1.65 bits per heavy atom. The van der Waals surface area contributed by atoms with E-state index in [4.69, 9.17) is 0 Å². The summed E-state index contributed by atoms with van der Waals surface area (Å²) in [4.78, 5) is 0. The first kappa shape index (κ1) is 15.3. The van der Waals surface area contributed by atoms with Crippen LogP contribution >= 0.6 is 15.9 Å². The van der Waals surface area contributed by atoms with Gasteiger partial charge in [0.2, 0.25) is 0 Å². The maximum atomic E-state index is 3.73. The Morgan fingerprint density at radius 3 is 2.25 bits per heavy atom. The van der Waals surface area contributed by atoms with Crippen LogP contribution in [0, 0.1) is 0 Å². The predicted molar refractivity (Wildman–Crippen MR) is 89.9 cm³/mol. The van der Waals surface area contributed by atoms with Crippen LogP contribution in [0.25, 0.3) is 0 Å². The highest BCUT2D eigenvalue weighted by atomic mass is 79.9. The van der Waals surface area contributed by atoms with Crippen LogP contribution in [0.2, 0.25) is 0 Å². The molecule has 2 aromatic rings. The van der Waals surface area contributed by atoms with Gasteiger partial charge in [-0.15, -0.1) is 0 Å². The quantitative estimate of drug-likeness (QED) is 0.774. The maximum absolute atomic E-state index is 3.73. The van der Waals surface area contributed by atoms with E-state index in [9.17, 15) is 0 Å². The zero-order chi connectivity index (χ0) is 14.4. The van der Waals surface area contributed by atoms with E-state index in [1.165, 1.54) is 11.1 Å². The molecule has 2 rings (SSSR count). The second-order valence-corrected chi connectivity index (χ2v) is 6.19. The Hall–Kier alpha value is -1.12. The van der Waals surface area contributed by atoms with Crippen LogP contribution in [-0.4, -0.2) is 6.04 Å². The third-order valence-corrected chi connectivity index (χ3v) is 4.08. The van der Waals surface area contributed by atoms with E-state index >= 15 is 0 Å². The molecule has 2 atom stereocenters. The molecule has 0 aromatic heterocycles. The zero-order valence-electron chi connectivity index (χ0n) is 12.1. The Labute approximate surface area is 130 Å². The van der Waals surface area contributed by atoms with Gasteiger partial charge >= 0.3 is 0 Å². The lowest BCUT2D eigenvalue weighted by Crippen LogP contribution is -2.31. The van der Waals surface area contributed by atoms with Crippen molar-refractivity contribution >= 4 is 15.9 Å². The fourth-order valence-electron chi connectivity index (χ4n) is 2.51. The lowest BCUT2D eigenvalue weighted by molar-refractivity contribution is 0.443. The Balaban J connectivity index is 1.95. The van der Waals surface area contributed by atoms with E-state index in [2.05, 4.69) is 89.7 Å². The zero-order valence-corrected chi connectivity index (χ0v) is 13.7. The van der Waals surface area contributed by atoms with Gasteiger partial charge < -0.3 is 5.32 Å². The van der Waals surface area contributed by atoms with Crippen LogP contribution in [-0.2, 0) is 6.42 Å². The van der Waals surface area contributed by atoms with Gasteiger partial charge in [-0.2, -0.15) is 0 Å². The van der Waals surface area contributed by atoms with Crippen LogP contribution in [0.5, 0.6) is 0 Å². The van der Waals surface area contributed by atoms with E-state index in [1.807, 2.05) is 0 Å². The molecule has 2 aromatic carbocycles. The molecule has 0 aliphatic rings. The van der Waals surface area contributed by atoms with Gasteiger partial charge in [0, 0.05) is 16.6 Å². The van der Waals surface area contributed by atoms with Crippen LogP contribution in [0.1, 0.15) is 37.4 Å². The summed E-state index contributed by atoms with van der Waals surface area (Å²) in [5, 5.41) is 3.73. The van der Waals surface area contributed by atoms with Crippen LogP contribution < -0.4 is 5.32 Å². The van der Waals surface area contributed by atoms with Gasteiger partial charge in [-0.1, -0.05) is 65.3 Å². The molecule has 1 N–H and O–H groups in total. The van der Waals surface area contributed by atoms with Crippen molar-refractivity contribution < 1.29 is 0 Å². The van der Waals surface area contributed by atoms with Crippen molar-refractivity contribution in [3.63, 3.8) is 0 Å². The SMILES string of the molecule is CCC(NC(C)Cc1ccc(Br)cc1)c1ccccc1.